The molecule has 3 heterocycles. The molecule has 0 spiro atoms. The summed E-state index contributed by atoms with van der Waals surface area (Å²) in [5.74, 6) is 0.243. The molecule has 1 aliphatic rings. The molecule has 1 N–H and O–H groups in total. The summed E-state index contributed by atoms with van der Waals surface area (Å²) >= 11 is 0. The minimum absolute atomic E-state index is 0.153. The van der Waals surface area contributed by atoms with Gasteiger partial charge in [-0.1, -0.05) is 25.0 Å². The van der Waals surface area contributed by atoms with Crippen LogP contribution in [-0.2, 0) is 16.6 Å². The highest BCUT2D eigenvalue weighted by Gasteiger charge is 2.25. The maximum absolute atomic E-state index is 13.0. The average Bonchev–Trinajstić information content (AvgIpc) is 2.95. The molecule has 0 atom stereocenters. The van der Waals surface area contributed by atoms with Gasteiger partial charge < -0.3 is 5.32 Å². The van der Waals surface area contributed by atoms with E-state index in [-0.39, 0.29) is 17.3 Å². The van der Waals surface area contributed by atoms with Gasteiger partial charge in [0, 0.05) is 24.8 Å². The Morgan fingerprint density at radius 1 is 1.00 bits per heavy atom. The van der Waals surface area contributed by atoms with E-state index in [1.165, 1.54) is 10.4 Å². The van der Waals surface area contributed by atoms with Gasteiger partial charge in [-0.25, -0.2) is 8.42 Å². The second kappa shape index (κ2) is 8.30. The molecule has 1 saturated heterocycles. The van der Waals surface area contributed by atoms with E-state index in [9.17, 15) is 13.2 Å². The summed E-state index contributed by atoms with van der Waals surface area (Å²) in [4.78, 5) is 12.8. The number of nitrogens with one attached hydrogen (secondary N) is 1. The molecule has 1 amide bonds. The standard InChI is InChI=1S/C20H23N5O3S/c26-20(21-15-19-23-22-18-10-3-6-13-25(18)19)16-8-7-9-17(14-16)29(27,28)24-11-4-1-2-5-12-24/h3,6-10,13-14H,1-2,4-5,11-12,15H2,(H,21,26). The zero-order valence-electron chi connectivity index (χ0n) is 16.0. The van der Waals surface area contributed by atoms with Crippen LogP contribution in [0.4, 0.5) is 0 Å². The van der Waals surface area contributed by atoms with Crippen molar-refractivity contribution in [3.63, 3.8) is 0 Å². The van der Waals surface area contributed by atoms with Gasteiger partial charge in [-0.05, 0) is 43.2 Å². The first kappa shape index (κ1) is 19.5. The monoisotopic (exact) mass is 413 g/mol. The molecule has 1 fully saturated rings. The third-order valence-electron chi connectivity index (χ3n) is 5.09. The minimum Gasteiger partial charge on any atom is -0.345 e. The molecule has 9 heteroatoms. The van der Waals surface area contributed by atoms with Crippen LogP contribution in [0.2, 0.25) is 0 Å². The van der Waals surface area contributed by atoms with E-state index in [4.69, 9.17) is 0 Å². The first-order valence-corrected chi connectivity index (χ1v) is 11.2. The predicted octanol–water partition coefficient (Wildman–Crippen LogP) is 2.22. The van der Waals surface area contributed by atoms with Crippen LogP contribution in [0.15, 0.2) is 53.6 Å². The van der Waals surface area contributed by atoms with E-state index in [2.05, 4.69) is 15.5 Å². The summed E-state index contributed by atoms with van der Waals surface area (Å²) in [7, 11) is -3.60. The summed E-state index contributed by atoms with van der Waals surface area (Å²) in [5, 5.41) is 10.9. The van der Waals surface area contributed by atoms with Crippen LogP contribution in [0.25, 0.3) is 5.65 Å². The molecule has 0 aliphatic carbocycles. The number of carbonyl (C=O) groups is 1. The topological polar surface area (TPSA) is 96.7 Å². The molecule has 8 nitrogen and oxygen atoms in total. The Balaban J connectivity index is 1.49. The van der Waals surface area contributed by atoms with Crippen LogP contribution in [-0.4, -0.2) is 46.3 Å². The van der Waals surface area contributed by atoms with Crippen molar-refractivity contribution in [2.45, 2.75) is 37.1 Å². The molecular formula is C20H23N5O3S. The normalized spacial score (nSPS) is 15.9. The second-order valence-corrected chi connectivity index (χ2v) is 9.01. The van der Waals surface area contributed by atoms with E-state index in [1.807, 2.05) is 24.4 Å². The lowest BCUT2D eigenvalue weighted by Crippen LogP contribution is -2.32. The van der Waals surface area contributed by atoms with E-state index in [1.54, 1.807) is 22.6 Å². The first-order chi connectivity index (χ1) is 14.1. The maximum Gasteiger partial charge on any atom is 0.251 e. The van der Waals surface area contributed by atoms with Crippen LogP contribution < -0.4 is 5.32 Å². The predicted molar refractivity (Wildman–Crippen MR) is 108 cm³/mol. The van der Waals surface area contributed by atoms with Crippen molar-refractivity contribution in [3.05, 3.63) is 60.0 Å². The second-order valence-electron chi connectivity index (χ2n) is 7.07. The van der Waals surface area contributed by atoms with Crippen molar-refractivity contribution in [2.75, 3.05) is 13.1 Å². The van der Waals surface area contributed by atoms with E-state index in [0.717, 1.165) is 25.7 Å². The molecule has 4 rings (SSSR count). The smallest absolute Gasteiger partial charge is 0.251 e. The number of carbonyl (C=O) groups excluding carboxylic acids is 1. The first-order valence-electron chi connectivity index (χ1n) is 9.73. The molecule has 0 unspecified atom stereocenters. The third kappa shape index (κ3) is 4.15. The zero-order valence-corrected chi connectivity index (χ0v) is 16.8. The summed E-state index contributed by atoms with van der Waals surface area (Å²) in [6.07, 6.45) is 5.65. The van der Waals surface area contributed by atoms with Gasteiger partial charge in [0.25, 0.3) is 5.91 Å². The van der Waals surface area contributed by atoms with Crippen LogP contribution in [0.5, 0.6) is 0 Å². The highest BCUT2D eigenvalue weighted by Crippen LogP contribution is 2.21. The van der Waals surface area contributed by atoms with Crippen molar-refractivity contribution in [1.82, 2.24) is 24.2 Å². The Morgan fingerprint density at radius 3 is 2.59 bits per heavy atom. The molecule has 2 aromatic heterocycles. The fourth-order valence-corrected chi connectivity index (χ4v) is 5.07. The van der Waals surface area contributed by atoms with Crippen molar-refractivity contribution in [2.24, 2.45) is 0 Å². The van der Waals surface area contributed by atoms with Crippen LogP contribution in [0, 0.1) is 0 Å². The molecule has 1 aliphatic heterocycles. The molecule has 152 valence electrons. The lowest BCUT2D eigenvalue weighted by molar-refractivity contribution is 0.0949. The number of aromatic nitrogens is 3. The SMILES string of the molecule is O=C(NCc1nnc2ccccn12)c1cccc(S(=O)(=O)N2CCCCCC2)c1. The Morgan fingerprint density at radius 2 is 1.79 bits per heavy atom. The zero-order chi connectivity index (χ0) is 20.3. The van der Waals surface area contributed by atoms with Gasteiger partial charge in [-0.15, -0.1) is 10.2 Å². The number of pyridine rings is 1. The number of amides is 1. The summed E-state index contributed by atoms with van der Waals surface area (Å²) in [6.45, 7) is 1.24. The molecule has 0 saturated carbocycles. The molecular weight excluding hydrogens is 390 g/mol. The average molecular weight is 414 g/mol. The number of sulfonamides is 1. The third-order valence-corrected chi connectivity index (χ3v) is 6.99. The van der Waals surface area contributed by atoms with E-state index < -0.39 is 10.0 Å². The fourth-order valence-electron chi connectivity index (χ4n) is 3.50. The van der Waals surface area contributed by atoms with Crippen molar-refractivity contribution in [1.29, 1.82) is 0 Å². The number of hydrogen-bond acceptors (Lipinski definition) is 5. The number of nitrogens with zero attached hydrogens (tertiary/aromatic N) is 4. The maximum atomic E-state index is 13.0. The van der Waals surface area contributed by atoms with Gasteiger partial charge in [0.15, 0.2) is 11.5 Å². The molecule has 29 heavy (non-hydrogen) atoms. The highest BCUT2D eigenvalue weighted by molar-refractivity contribution is 7.89. The quantitative estimate of drug-likeness (QED) is 0.692. The summed E-state index contributed by atoms with van der Waals surface area (Å²) < 4.78 is 29.3. The van der Waals surface area contributed by atoms with Gasteiger partial charge in [-0.3, -0.25) is 9.20 Å². The van der Waals surface area contributed by atoms with Gasteiger partial charge in [0.05, 0.1) is 11.4 Å². The van der Waals surface area contributed by atoms with Gasteiger partial charge in [0.1, 0.15) is 0 Å². The lowest BCUT2D eigenvalue weighted by atomic mass is 10.2. The minimum atomic E-state index is -3.60. The Kier molecular flexibility index (Phi) is 5.59. The summed E-state index contributed by atoms with van der Waals surface area (Å²) in [5.41, 5.74) is 0.997. The molecule has 1 aromatic carbocycles. The van der Waals surface area contributed by atoms with Crippen molar-refractivity contribution < 1.29 is 13.2 Å². The Labute approximate surface area is 169 Å². The van der Waals surface area contributed by atoms with Gasteiger partial charge in [-0.2, -0.15) is 4.31 Å². The fraction of sp³-hybridized carbons (Fsp3) is 0.350. The van der Waals surface area contributed by atoms with Crippen LogP contribution >= 0.6 is 0 Å². The number of rotatable bonds is 5. The van der Waals surface area contributed by atoms with Crippen molar-refractivity contribution in [3.8, 4) is 0 Å². The lowest BCUT2D eigenvalue weighted by Gasteiger charge is -2.20. The Bertz CT molecular complexity index is 1120. The largest absolute Gasteiger partial charge is 0.345 e. The summed E-state index contributed by atoms with van der Waals surface area (Å²) in [6, 6.07) is 11.8. The number of fused-ring (bicyclic) bond motifs is 1. The Hall–Kier alpha value is -2.78. The van der Waals surface area contributed by atoms with Crippen molar-refractivity contribution >= 4 is 21.6 Å². The van der Waals surface area contributed by atoms with Crippen LogP contribution in [0.3, 0.4) is 0 Å². The van der Waals surface area contributed by atoms with Gasteiger partial charge in [0.2, 0.25) is 10.0 Å². The number of benzene rings is 1. The molecule has 0 bridgehead atoms. The van der Waals surface area contributed by atoms with E-state index >= 15 is 0 Å². The highest BCUT2D eigenvalue weighted by atomic mass is 32.2. The van der Waals surface area contributed by atoms with E-state index in [0.29, 0.717) is 30.1 Å². The molecule has 0 radical (unpaired) electrons. The van der Waals surface area contributed by atoms with Gasteiger partial charge >= 0.3 is 0 Å². The number of hydrogen-bond donors (Lipinski definition) is 1. The van der Waals surface area contributed by atoms with Crippen LogP contribution in [0.1, 0.15) is 41.9 Å². The molecule has 3 aromatic rings.